The quantitative estimate of drug-likeness (QED) is 0.0169. The van der Waals surface area contributed by atoms with Crippen LogP contribution in [0.25, 0.3) is 0 Å². The molecule has 95 heavy (non-hydrogen) atoms. The number of carbonyl (C=O) groups is 4. The number of ether oxygens (including phenoxy) is 4. The number of allylic oxidation sites excluding steroid dienone is 4. The molecule has 5 atom stereocenters. The molecule has 19 heteroatoms. The van der Waals surface area contributed by atoms with Crippen molar-refractivity contribution in [1.29, 1.82) is 0 Å². The van der Waals surface area contributed by atoms with Crippen LogP contribution in [0.5, 0.6) is 0 Å². The van der Waals surface area contributed by atoms with Crippen molar-refractivity contribution in [2.24, 2.45) is 0 Å². The maximum atomic E-state index is 13.1. The highest BCUT2D eigenvalue weighted by atomic mass is 31.2. The topological polar surface area (TPSA) is 237 Å². The third kappa shape index (κ3) is 69.8. The SMILES string of the molecule is CCCCCC/C=C\C=C/CCCCCCCC(=O)OC[C@H](COP(=O)(O)OC[C@@H](O)COP(=O)(O)OC[C@@H](COC(=O)CCCCCCCCCC)OC(=O)CCCCCCCCCCCC)OC(=O)CCCCCCCCCCCCCCCCCCCCCCCC. The number of unbranched alkanes of at least 4 members (excludes halogenated alkanes) is 46. The van der Waals surface area contributed by atoms with Crippen LogP contribution in [0.3, 0.4) is 0 Å². The Kier molecular flexibility index (Phi) is 68.2. The van der Waals surface area contributed by atoms with E-state index in [0.717, 1.165) is 116 Å². The molecule has 0 bridgehead atoms. The van der Waals surface area contributed by atoms with E-state index in [-0.39, 0.29) is 25.7 Å². The standard InChI is InChI=1S/C76H144O17P2/c1-5-9-13-17-21-25-28-30-32-33-34-35-36-37-38-40-42-44-47-51-55-59-63-76(81)93-72(67-87-74(79)61-57-53-49-46-43-41-39-31-29-26-22-18-14-10-6-2)69-91-95(84,85)89-65-70(77)64-88-94(82,83)90-68-71(66-86-73(78)60-56-52-48-24-20-16-12-8-4)92-75(80)62-58-54-50-45-27-23-19-15-11-7-3/h26,29,31,39,70-72,77H,5-25,27-28,30,32-38,40-69H2,1-4H3,(H,82,83)(H,84,85)/b29-26-,39-31-/t70-,71+,72+/m0/s1. The average molecular weight is 1390 g/mol. The van der Waals surface area contributed by atoms with Gasteiger partial charge in [0.1, 0.15) is 19.3 Å². The van der Waals surface area contributed by atoms with Crippen LogP contribution < -0.4 is 0 Å². The van der Waals surface area contributed by atoms with Crippen LogP contribution in [0.15, 0.2) is 24.3 Å². The minimum atomic E-state index is -4.96. The molecule has 0 saturated heterocycles. The van der Waals surface area contributed by atoms with Gasteiger partial charge in [-0.1, -0.05) is 328 Å². The predicted octanol–water partition coefficient (Wildman–Crippen LogP) is 22.2. The Morgan fingerprint density at radius 3 is 0.768 bits per heavy atom. The third-order valence-electron chi connectivity index (χ3n) is 17.2. The normalized spacial score (nSPS) is 14.1. The zero-order chi connectivity index (χ0) is 69.7. The Hall–Kier alpha value is -2.46. The fourth-order valence-corrected chi connectivity index (χ4v) is 12.8. The molecule has 0 aliphatic carbocycles. The van der Waals surface area contributed by atoms with E-state index in [1.54, 1.807) is 0 Å². The van der Waals surface area contributed by atoms with Crippen LogP contribution in [0, 0.1) is 0 Å². The van der Waals surface area contributed by atoms with Crippen molar-refractivity contribution >= 4 is 39.5 Å². The number of aliphatic hydroxyl groups excluding tert-OH is 1. The predicted molar refractivity (Wildman–Crippen MR) is 386 cm³/mol. The Balaban J connectivity index is 5.18. The second-order valence-corrected chi connectivity index (χ2v) is 29.6. The minimum Gasteiger partial charge on any atom is -0.462 e. The van der Waals surface area contributed by atoms with E-state index in [9.17, 15) is 43.2 Å². The highest BCUT2D eigenvalue weighted by Gasteiger charge is 2.30. The highest BCUT2D eigenvalue weighted by Crippen LogP contribution is 2.45. The molecule has 0 heterocycles. The van der Waals surface area contributed by atoms with E-state index >= 15 is 0 Å². The molecule has 0 spiro atoms. The first-order valence-corrected chi connectivity index (χ1v) is 42.1. The summed E-state index contributed by atoms with van der Waals surface area (Å²) < 4.78 is 68.3. The number of phosphoric ester groups is 2. The van der Waals surface area contributed by atoms with Crippen LogP contribution in [0.2, 0.25) is 0 Å². The number of phosphoric acid groups is 2. The second-order valence-electron chi connectivity index (χ2n) is 26.7. The van der Waals surface area contributed by atoms with E-state index in [2.05, 4.69) is 52.0 Å². The molecule has 0 aliphatic rings. The molecule has 0 aromatic heterocycles. The number of hydrogen-bond acceptors (Lipinski definition) is 15. The molecule has 0 rings (SSSR count). The molecule has 3 N–H and O–H groups in total. The molecular formula is C76H144O17P2. The summed E-state index contributed by atoms with van der Waals surface area (Å²) in [4.78, 5) is 72.6. The van der Waals surface area contributed by atoms with Crippen LogP contribution >= 0.6 is 15.6 Å². The Labute approximate surface area is 580 Å². The van der Waals surface area contributed by atoms with Gasteiger partial charge in [-0.2, -0.15) is 0 Å². The van der Waals surface area contributed by atoms with Gasteiger partial charge in [-0.05, 0) is 51.4 Å². The summed E-state index contributed by atoms with van der Waals surface area (Å²) in [5, 5.41) is 10.6. The van der Waals surface area contributed by atoms with Crippen molar-refractivity contribution in [2.75, 3.05) is 39.6 Å². The number of carbonyl (C=O) groups excluding carboxylic acids is 4. The molecule has 2 unspecified atom stereocenters. The fraction of sp³-hybridized carbons (Fsp3) is 0.895. The zero-order valence-corrected chi connectivity index (χ0v) is 62.9. The van der Waals surface area contributed by atoms with Gasteiger partial charge in [0.25, 0.3) is 0 Å². The highest BCUT2D eigenvalue weighted by molar-refractivity contribution is 7.47. The van der Waals surface area contributed by atoms with E-state index in [4.69, 9.17) is 37.0 Å². The summed E-state index contributed by atoms with van der Waals surface area (Å²) in [5.41, 5.74) is 0. The lowest BCUT2D eigenvalue weighted by Crippen LogP contribution is -2.30. The molecule has 560 valence electrons. The van der Waals surface area contributed by atoms with Gasteiger partial charge < -0.3 is 33.8 Å². The van der Waals surface area contributed by atoms with E-state index in [0.29, 0.717) is 25.7 Å². The largest absolute Gasteiger partial charge is 0.472 e. The molecule has 0 saturated carbocycles. The van der Waals surface area contributed by atoms with Crippen molar-refractivity contribution < 1.29 is 80.2 Å². The van der Waals surface area contributed by atoms with E-state index in [1.807, 2.05) is 0 Å². The molecule has 0 fully saturated rings. The summed E-state index contributed by atoms with van der Waals surface area (Å²) in [6, 6.07) is 0. The number of esters is 4. The number of hydrogen-bond donors (Lipinski definition) is 3. The Morgan fingerprint density at radius 2 is 0.505 bits per heavy atom. The summed E-state index contributed by atoms with van der Waals surface area (Å²) in [5.74, 6) is -2.15. The van der Waals surface area contributed by atoms with Crippen LogP contribution in [-0.2, 0) is 65.4 Å². The molecule has 0 aromatic rings. The lowest BCUT2D eigenvalue weighted by Gasteiger charge is -2.21. The monoisotopic (exact) mass is 1390 g/mol. The maximum absolute atomic E-state index is 13.1. The average Bonchev–Trinajstić information content (AvgIpc) is 1.41. The van der Waals surface area contributed by atoms with Gasteiger partial charge >= 0.3 is 39.5 Å². The van der Waals surface area contributed by atoms with Gasteiger partial charge in [-0.3, -0.25) is 37.3 Å². The molecular weight excluding hydrogens is 1250 g/mol. The summed E-state index contributed by atoms with van der Waals surface area (Å²) in [7, 11) is -9.91. The minimum absolute atomic E-state index is 0.102. The first-order chi connectivity index (χ1) is 46.2. The lowest BCUT2D eigenvalue weighted by atomic mass is 10.0. The number of rotatable bonds is 75. The van der Waals surface area contributed by atoms with Gasteiger partial charge in [0.15, 0.2) is 12.2 Å². The molecule has 0 radical (unpaired) electrons. The van der Waals surface area contributed by atoms with Crippen molar-refractivity contribution in [1.82, 2.24) is 0 Å². The molecule has 0 amide bonds. The van der Waals surface area contributed by atoms with Gasteiger partial charge in [0, 0.05) is 25.7 Å². The van der Waals surface area contributed by atoms with E-state index in [1.165, 1.54) is 186 Å². The van der Waals surface area contributed by atoms with Crippen molar-refractivity contribution in [3.8, 4) is 0 Å². The first kappa shape index (κ1) is 92.5. The molecule has 0 aromatic carbocycles. The summed E-state index contributed by atoms with van der Waals surface area (Å²) >= 11 is 0. The fourth-order valence-electron chi connectivity index (χ4n) is 11.2. The van der Waals surface area contributed by atoms with Crippen LogP contribution in [0.4, 0.5) is 0 Å². The van der Waals surface area contributed by atoms with Gasteiger partial charge in [-0.15, -0.1) is 0 Å². The van der Waals surface area contributed by atoms with Crippen molar-refractivity contribution in [3.63, 3.8) is 0 Å². The lowest BCUT2D eigenvalue weighted by molar-refractivity contribution is -0.161. The molecule has 0 aliphatic heterocycles. The Bertz CT molecular complexity index is 1900. The first-order valence-electron chi connectivity index (χ1n) is 39.1. The smallest absolute Gasteiger partial charge is 0.462 e. The summed E-state index contributed by atoms with van der Waals surface area (Å²) in [6.07, 6.45) is 63.5. The van der Waals surface area contributed by atoms with Gasteiger partial charge in [0.05, 0.1) is 26.4 Å². The Morgan fingerprint density at radius 1 is 0.295 bits per heavy atom. The third-order valence-corrected chi connectivity index (χ3v) is 19.1. The maximum Gasteiger partial charge on any atom is 0.472 e. The summed E-state index contributed by atoms with van der Waals surface area (Å²) in [6.45, 7) is 4.87. The molecule has 17 nitrogen and oxygen atoms in total. The van der Waals surface area contributed by atoms with E-state index < -0.39 is 97.5 Å². The second kappa shape index (κ2) is 70.0. The van der Waals surface area contributed by atoms with Crippen molar-refractivity contribution in [3.05, 3.63) is 24.3 Å². The van der Waals surface area contributed by atoms with Gasteiger partial charge in [0.2, 0.25) is 0 Å². The van der Waals surface area contributed by atoms with Crippen LogP contribution in [0.1, 0.15) is 381 Å². The number of aliphatic hydroxyl groups is 1. The van der Waals surface area contributed by atoms with Crippen LogP contribution in [-0.4, -0.2) is 96.7 Å². The van der Waals surface area contributed by atoms with Gasteiger partial charge in [-0.25, -0.2) is 9.13 Å². The van der Waals surface area contributed by atoms with Crippen molar-refractivity contribution in [2.45, 2.75) is 399 Å². The zero-order valence-electron chi connectivity index (χ0n) is 61.1.